The molecule has 0 aromatic heterocycles. The lowest BCUT2D eigenvalue weighted by molar-refractivity contribution is 0.236. The van der Waals surface area contributed by atoms with Crippen LogP contribution in [-0.4, -0.2) is 24.9 Å². The average molecular weight is 314 g/mol. The van der Waals surface area contributed by atoms with Crippen LogP contribution < -0.4 is 10.1 Å². The van der Waals surface area contributed by atoms with Gasteiger partial charge in [-0.05, 0) is 37.1 Å². The highest BCUT2D eigenvalue weighted by Gasteiger charge is 2.21. The number of hydrogen-bond acceptors (Lipinski definition) is 3. The number of ether oxygens (including phenoxy) is 1. The largest absolute Gasteiger partial charge is 0.493 e. The summed E-state index contributed by atoms with van der Waals surface area (Å²) in [5.41, 5.74) is 1.23. The molecule has 1 aromatic carbocycles. The lowest BCUT2D eigenvalue weighted by Crippen LogP contribution is -2.30. The summed E-state index contributed by atoms with van der Waals surface area (Å²) in [4.78, 5) is 0. The molecule has 1 aromatic rings. The maximum Gasteiger partial charge on any atom is 0.124 e. The number of benzene rings is 1. The molecule has 0 saturated carbocycles. The van der Waals surface area contributed by atoms with Crippen LogP contribution in [0.1, 0.15) is 31.4 Å². The minimum atomic E-state index is 0.263. The van der Waals surface area contributed by atoms with Gasteiger partial charge >= 0.3 is 0 Å². The molecule has 100 valence electrons. The van der Waals surface area contributed by atoms with E-state index in [1.165, 1.54) is 5.56 Å². The second-order valence-electron chi connectivity index (χ2n) is 4.90. The fourth-order valence-corrected chi connectivity index (χ4v) is 2.62. The summed E-state index contributed by atoms with van der Waals surface area (Å²) in [7, 11) is 0. The first-order valence-corrected chi connectivity index (χ1v) is 7.26. The first-order valence-electron chi connectivity index (χ1n) is 6.47. The van der Waals surface area contributed by atoms with Gasteiger partial charge in [0.1, 0.15) is 5.75 Å². The third kappa shape index (κ3) is 3.46. The number of aliphatic hydroxyl groups is 1. The van der Waals surface area contributed by atoms with Gasteiger partial charge in [-0.15, -0.1) is 0 Å². The second kappa shape index (κ2) is 6.55. The fourth-order valence-electron chi connectivity index (χ4n) is 2.24. The van der Waals surface area contributed by atoms with E-state index in [-0.39, 0.29) is 6.61 Å². The minimum Gasteiger partial charge on any atom is -0.493 e. The zero-order valence-corrected chi connectivity index (χ0v) is 12.2. The maximum absolute atomic E-state index is 8.91. The molecule has 0 fully saturated rings. The van der Waals surface area contributed by atoms with Gasteiger partial charge in [-0.1, -0.05) is 22.9 Å². The van der Waals surface area contributed by atoms with Gasteiger partial charge in [0.05, 0.1) is 6.61 Å². The van der Waals surface area contributed by atoms with Gasteiger partial charge in [-0.3, -0.25) is 0 Å². The Kier molecular flexibility index (Phi) is 5.03. The molecule has 3 nitrogen and oxygen atoms in total. The quantitative estimate of drug-likeness (QED) is 0.878. The first kappa shape index (κ1) is 13.8. The van der Waals surface area contributed by atoms with Crippen molar-refractivity contribution in [2.24, 2.45) is 5.92 Å². The van der Waals surface area contributed by atoms with E-state index in [1.807, 2.05) is 12.1 Å². The smallest absolute Gasteiger partial charge is 0.124 e. The molecular formula is C14H20BrNO2. The number of rotatable bonds is 5. The van der Waals surface area contributed by atoms with Crippen LogP contribution in [0.15, 0.2) is 22.7 Å². The van der Waals surface area contributed by atoms with Crippen LogP contribution in [0.25, 0.3) is 0 Å². The second-order valence-corrected chi connectivity index (χ2v) is 5.81. The van der Waals surface area contributed by atoms with Gasteiger partial charge < -0.3 is 15.2 Å². The molecule has 2 N–H and O–H groups in total. The summed E-state index contributed by atoms with van der Waals surface area (Å²) in [5.74, 6) is 1.48. The van der Waals surface area contributed by atoms with E-state index in [1.54, 1.807) is 0 Å². The number of aliphatic hydroxyl groups excluding tert-OH is 1. The highest BCUT2D eigenvalue weighted by atomic mass is 79.9. The summed E-state index contributed by atoms with van der Waals surface area (Å²) in [6.07, 6.45) is 1.84. The molecule has 0 amide bonds. The Morgan fingerprint density at radius 2 is 2.39 bits per heavy atom. The van der Waals surface area contributed by atoms with Gasteiger partial charge in [0, 0.05) is 29.1 Å². The Balaban J connectivity index is 2.01. The topological polar surface area (TPSA) is 41.5 Å². The molecule has 18 heavy (non-hydrogen) atoms. The van der Waals surface area contributed by atoms with Crippen LogP contribution in [0.3, 0.4) is 0 Å². The summed E-state index contributed by atoms with van der Waals surface area (Å²) in [5, 5.41) is 12.5. The van der Waals surface area contributed by atoms with Crippen molar-refractivity contribution in [2.45, 2.75) is 25.8 Å². The van der Waals surface area contributed by atoms with Crippen molar-refractivity contribution >= 4 is 15.9 Å². The number of fused-ring (bicyclic) bond motifs is 1. The van der Waals surface area contributed by atoms with Crippen molar-refractivity contribution in [2.75, 3.05) is 19.8 Å². The zero-order chi connectivity index (χ0) is 13.0. The number of hydrogen-bond donors (Lipinski definition) is 2. The maximum atomic E-state index is 8.91. The van der Waals surface area contributed by atoms with E-state index in [0.717, 1.165) is 36.2 Å². The predicted molar refractivity (Wildman–Crippen MR) is 75.9 cm³/mol. The molecule has 1 aliphatic heterocycles. The number of halogens is 1. The standard InChI is InChI=1S/C14H20BrNO2/c1-10(4-6-17)9-16-13-5-7-18-14-3-2-11(15)8-12(13)14/h2-3,8,10,13,16-17H,4-7,9H2,1H3. The molecule has 0 radical (unpaired) electrons. The van der Waals surface area contributed by atoms with E-state index in [4.69, 9.17) is 9.84 Å². The summed E-state index contributed by atoms with van der Waals surface area (Å²) >= 11 is 3.51. The molecular weight excluding hydrogens is 294 g/mol. The van der Waals surface area contributed by atoms with Crippen LogP contribution in [0, 0.1) is 5.92 Å². The molecule has 0 spiro atoms. The van der Waals surface area contributed by atoms with Crippen LogP contribution >= 0.6 is 15.9 Å². The fraction of sp³-hybridized carbons (Fsp3) is 0.571. The molecule has 1 heterocycles. The van der Waals surface area contributed by atoms with Crippen molar-refractivity contribution in [1.29, 1.82) is 0 Å². The van der Waals surface area contributed by atoms with E-state index < -0.39 is 0 Å². The highest BCUT2D eigenvalue weighted by Crippen LogP contribution is 2.34. The molecule has 0 bridgehead atoms. The minimum absolute atomic E-state index is 0.263. The summed E-state index contributed by atoms with van der Waals surface area (Å²) in [6.45, 7) is 4.11. The van der Waals surface area contributed by atoms with Crippen LogP contribution in [0.5, 0.6) is 5.75 Å². The Morgan fingerprint density at radius 3 is 3.17 bits per heavy atom. The molecule has 2 unspecified atom stereocenters. The summed E-state index contributed by atoms with van der Waals surface area (Å²) in [6, 6.07) is 6.51. The Morgan fingerprint density at radius 1 is 1.56 bits per heavy atom. The molecule has 1 aliphatic rings. The molecule has 4 heteroatoms. The molecule has 0 aliphatic carbocycles. The summed E-state index contributed by atoms with van der Waals surface area (Å²) < 4.78 is 6.75. The van der Waals surface area contributed by atoms with Crippen molar-refractivity contribution in [3.8, 4) is 5.75 Å². The van der Waals surface area contributed by atoms with Gasteiger partial charge in [-0.25, -0.2) is 0 Å². The van der Waals surface area contributed by atoms with Crippen LogP contribution in [0.2, 0.25) is 0 Å². The van der Waals surface area contributed by atoms with E-state index >= 15 is 0 Å². The third-order valence-electron chi connectivity index (χ3n) is 3.35. The monoisotopic (exact) mass is 313 g/mol. The van der Waals surface area contributed by atoms with Gasteiger partial charge in [-0.2, -0.15) is 0 Å². The zero-order valence-electron chi connectivity index (χ0n) is 10.7. The van der Waals surface area contributed by atoms with Crippen molar-refractivity contribution in [3.05, 3.63) is 28.2 Å². The van der Waals surface area contributed by atoms with Crippen LogP contribution in [0.4, 0.5) is 0 Å². The van der Waals surface area contributed by atoms with Crippen LogP contribution in [-0.2, 0) is 0 Å². The van der Waals surface area contributed by atoms with Gasteiger partial charge in [0.2, 0.25) is 0 Å². The third-order valence-corrected chi connectivity index (χ3v) is 3.84. The Bertz CT molecular complexity index is 397. The first-order chi connectivity index (χ1) is 8.70. The van der Waals surface area contributed by atoms with Crippen molar-refractivity contribution in [1.82, 2.24) is 5.32 Å². The molecule has 2 rings (SSSR count). The van der Waals surface area contributed by atoms with Crippen molar-refractivity contribution in [3.63, 3.8) is 0 Å². The lowest BCUT2D eigenvalue weighted by Gasteiger charge is -2.28. The Hall–Kier alpha value is -0.580. The number of nitrogens with one attached hydrogen (secondary N) is 1. The average Bonchev–Trinajstić information content (AvgIpc) is 2.36. The van der Waals surface area contributed by atoms with E-state index in [2.05, 4.69) is 34.2 Å². The molecule has 2 atom stereocenters. The van der Waals surface area contributed by atoms with E-state index in [9.17, 15) is 0 Å². The highest BCUT2D eigenvalue weighted by molar-refractivity contribution is 9.10. The van der Waals surface area contributed by atoms with Gasteiger partial charge in [0.25, 0.3) is 0 Å². The predicted octanol–water partition coefficient (Wildman–Crippen LogP) is 2.88. The van der Waals surface area contributed by atoms with Crippen molar-refractivity contribution < 1.29 is 9.84 Å². The normalized spacial score (nSPS) is 20.1. The van der Waals surface area contributed by atoms with E-state index in [0.29, 0.717) is 12.0 Å². The SMILES string of the molecule is CC(CCO)CNC1CCOc2ccc(Br)cc21. The molecule has 0 saturated heterocycles. The lowest BCUT2D eigenvalue weighted by atomic mass is 9.99. The van der Waals surface area contributed by atoms with Gasteiger partial charge in [0.15, 0.2) is 0 Å². The Labute approximate surface area is 117 Å².